The van der Waals surface area contributed by atoms with Gasteiger partial charge in [0.2, 0.25) is 0 Å². The molecule has 88 valence electrons. The summed E-state index contributed by atoms with van der Waals surface area (Å²) >= 11 is 0. The van der Waals surface area contributed by atoms with Crippen LogP contribution in [0, 0.1) is 11.2 Å². The molecule has 1 aromatic carbocycles. The molecule has 0 aliphatic heterocycles. The van der Waals surface area contributed by atoms with Crippen molar-refractivity contribution < 1.29 is 9.50 Å². The smallest absolute Gasteiger partial charge is 0.124 e. The number of hydrogen-bond acceptors (Lipinski definition) is 3. The normalized spacial score (nSPS) is 10.8. The van der Waals surface area contributed by atoms with Crippen molar-refractivity contribution in [2.75, 3.05) is 20.2 Å². The van der Waals surface area contributed by atoms with Gasteiger partial charge < -0.3 is 10.8 Å². The van der Waals surface area contributed by atoms with Crippen molar-refractivity contribution in [1.82, 2.24) is 4.90 Å². The van der Waals surface area contributed by atoms with Crippen molar-refractivity contribution in [3.8, 4) is 0 Å². The Bertz CT molecular complexity index is 381. The first-order chi connectivity index (χ1) is 7.52. The monoisotopic (exact) mass is 225 g/mol. The SMILES string of the molecule is CN(CCO)Cc1cc(F)cc(C(=N)N)c1. The summed E-state index contributed by atoms with van der Waals surface area (Å²) in [6, 6.07) is 4.32. The minimum Gasteiger partial charge on any atom is -0.395 e. The van der Waals surface area contributed by atoms with Crippen molar-refractivity contribution >= 4 is 5.84 Å². The molecule has 1 aromatic rings. The topological polar surface area (TPSA) is 73.3 Å². The first-order valence-electron chi connectivity index (χ1n) is 4.96. The third-order valence-corrected chi connectivity index (χ3v) is 2.20. The Morgan fingerprint density at radius 3 is 2.75 bits per heavy atom. The van der Waals surface area contributed by atoms with Gasteiger partial charge in [-0.15, -0.1) is 0 Å². The summed E-state index contributed by atoms with van der Waals surface area (Å²) in [5, 5.41) is 16.0. The molecule has 1 rings (SSSR count). The van der Waals surface area contributed by atoms with Gasteiger partial charge in [0.15, 0.2) is 0 Å². The Kier molecular flexibility index (Phi) is 4.39. The van der Waals surface area contributed by atoms with Gasteiger partial charge in [0.25, 0.3) is 0 Å². The van der Waals surface area contributed by atoms with Gasteiger partial charge in [0, 0.05) is 18.7 Å². The molecule has 0 saturated carbocycles. The standard InChI is InChI=1S/C11H16FN3O/c1-15(2-3-16)7-8-4-9(11(13)14)6-10(12)5-8/h4-6,16H,2-3,7H2,1H3,(H3,13,14). The number of amidine groups is 1. The molecule has 0 aliphatic carbocycles. The van der Waals surface area contributed by atoms with Gasteiger partial charge in [-0.3, -0.25) is 10.3 Å². The second-order valence-electron chi connectivity index (χ2n) is 3.72. The number of rotatable bonds is 5. The van der Waals surface area contributed by atoms with Gasteiger partial charge in [0.05, 0.1) is 6.61 Å². The lowest BCUT2D eigenvalue weighted by molar-refractivity contribution is 0.217. The van der Waals surface area contributed by atoms with E-state index in [9.17, 15) is 4.39 Å². The Morgan fingerprint density at radius 2 is 2.19 bits per heavy atom. The summed E-state index contributed by atoms with van der Waals surface area (Å²) in [5.74, 6) is -0.550. The van der Waals surface area contributed by atoms with Crippen LogP contribution in [0.15, 0.2) is 18.2 Å². The molecule has 0 atom stereocenters. The van der Waals surface area contributed by atoms with Crippen LogP contribution in [-0.4, -0.2) is 36.0 Å². The fraction of sp³-hybridized carbons (Fsp3) is 0.364. The maximum atomic E-state index is 13.2. The average Bonchev–Trinajstić information content (AvgIpc) is 2.16. The number of aliphatic hydroxyl groups is 1. The molecule has 4 nitrogen and oxygen atoms in total. The summed E-state index contributed by atoms with van der Waals surface area (Å²) in [6.07, 6.45) is 0. The maximum absolute atomic E-state index is 13.2. The molecule has 0 heterocycles. The number of nitrogens with two attached hydrogens (primary N) is 1. The highest BCUT2D eigenvalue weighted by molar-refractivity contribution is 5.95. The van der Waals surface area contributed by atoms with Gasteiger partial charge >= 0.3 is 0 Å². The van der Waals surface area contributed by atoms with Crippen LogP contribution in [0.5, 0.6) is 0 Å². The first kappa shape index (κ1) is 12.6. The van der Waals surface area contributed by atoms with Crippen molar-refractivity contribution in [2.24, 2.45) is 5.73 Å². The van der Waals surface area contributed by atoms with E-state index >= 15 is 0 Å². The number of nitrogens with zero attached hydrogens (tertiary/aromatic N) is 1. The largest absolute Gasteiger partial charge is 0.395 e. The third-order valence-electron chi connectivity index (χ3n) is 2.20. The lowest BCUT2D eigenvalue weighted by Gasteiger charge is -2.15. The Hall–Kier alpha value is -1.46. The molecule has 0 bridgehead atoms. The van der Waals surface area contributed by atoms with Crippen LogP contribution in [0.3, 0.4) is 0 Å². The fourth-order valence-electron chi connectivity index (χ4n) is 1.46. The van der Waals surface area contributed by atoms with Crippen molar-refractivity contribution in [2.45, 2.75) is 6.54 Å². The van der Waals surface area contributed by atoms with E-state index in [1.165, 1.54) is 12.1 Å². The molecule has 0 radical (unpaired) electrons. The van der Waals surface area contributed by atoms with E-state index in [0.29, 0.717) is 18.7 Å². The van der Waals surface area contributed by atoms with E-state index in [1.54, 1.807) is 6.07 Å². The van der Waals surface area contributed by atoms with Crippen LogP contribution < -0.4 is 5.73 Å². The Labute approximate surface area is 94.0 Å². The zero-order chi connectivity index (χ0) is 12.1. The average molecular weight is 225 g/mol. The van der Waals surface area contributed by atoms with E-state index in [-0.39, 0.29) is 12.4 Å². The molecule has 4 N–H and O–H groups in total. The van der Waals surface area contributed by atoms with Crippen LogP contribution in [0.25, 0.3) is 0 Å². The molecule has 0 saturated heterocycles. The minimum atomic E-state index is -0.403. The zero-order valence-electron chi connectivity index (χ0n) is 9.20. The molecule has 0 fully saturated rings. The van der Waals surface area contributed by atoms with E-state index < -0.39 is 5.82 Å². The van der Waals surface area contributed by atoms with Gasteiger partial charge in [-0.2, -0.15) is 0 Å². The molecule has 5 heteroatoms. The lowest BCUT2D eigenvalue weighted by atomic mass is 10.1. The fourth-order valence-corrected chi connectivity index (χ4v) is 1.46. The summed E-state index contributed by atoms with van der Waals surface area (Å²) in [4.78, 5) is 1.86. The molecule has 0 amide bonds. The molecule has 0 unspecified atom stereocenters. The van der Waals surface area contributed by atoms with Crippen molar-refractivity contribution in [3.63, 3.8) is 0 Å². The van der Waals surface area contributed by atoms with Crippen LogP contribution in [0.4, 0.5) is 4.39 Å². The van der Waals surface area contributed by atoms with E-state index in [0.717, 1.165) is 5.56 Å². The van der Waals surface area contributed by atoms with Crippen molar-refractivity contribution in [3.05, 3.63) is 35.1 Å². The second kappa shape index (κ2) is 5.58. The van der Waals surface area contributed by atoms with Crippen LogP contribution in [0.1, 0.15) is 11.1 Å². The van der Waals surface area contributed by atoms with E-state index in [1.807, 2.05) is 11.9 Å². The van der Waals surface area contributed by atoms with Gasteiger partial charge in [0.1, 0.15) is 11.7 Å². The predicted octanol–water partition coefficient (Wildman–Crippen LogP) is 0.534. The van der Waals surface area contributed by atoms with Gasteiger partial charge in [-0.05, 0) is 30.8 Å². The van der Waals surface area contributed by atoms with Crippen LogP contribution in [0.2, 0.25) is 0 Å². The van der Waals surface area contributed by atoms with Gasteiger partial charge in [-0.25, -0.2) is 4.39 Å². The number of likely N-dealkylation sites (N-methyl/N-ethyl adjacent to an activating group) is 1. The molecule has 16 heavy (non-hydrogen) atoms. The number of hydrogen-bond donors (Lipinski definition) is 3. The Morgan fingerprint density at radius 1 is 1.50 bits per heavy atom. The number of halogens is 1. The van der Waals surface area contributed by atoms with Crippen molar-refractivity contribution in [1.29, 1.82) is 5.41 Å². The summed E-state index contributed by atoms with van der Waals surface area (Å²) in [5.41, 5.74) is 6.42. The summed E-state index contributed by atoms with van der Waals surface area (Å²) < 4.78 is 13.2. The zero-order valence-corrected chi connectivity index (χ0v) is 9.20. The predicted molar refractivity (Wildman–Crippen MR) is 60.8 cm³/mol. The highest BCUT2D eigenvalue weighted by atomic mass is 19.1. The Balaban J connectivity index is 2.84. The maximum Gasteiger partial charge on any atom is 0.124 e. The number of benzene rings is 1. The molecular formula is C11H16FN3O. The number of aliphatic hydroxyl groups excluding tert-OH is 1. The van der Waals surface area contributed by atoms with E-state index in [4.69, 9.17) is 16.2 Å². The van der Waals surface area contributed by atoms with Gasteiger partial charge in [-0.1, -0.05) is 0 Å². The van der Waals surface area contributed by atoms with Crippen LogP contribution in [-0.2, 0) is 6.54 Å². The van der Waals surface area contributed by atoms with Crippen LogP contribution >= 0.6 is 0 Å². The van der Waals surface area contributed by atoms with E-state index in [2.05, 4.69) is 0 Å². The molecule has 0 aliphatic rings. The molecular weight excluding hydrogens is 209 g/mol. The second-order valence-corrected chi connectivity index (χ2v) is 3.72. The highest BCUT2D eigenvalue weighted by Crippen LogP contribution is 2.10. The minimum absolute atomic E-state index is 0.0609. The molecule has 0 spiro atoms. The molecule has 0 aromatic heterocycles. The third kappa shape index (κ3) is 3.60. The summed E-state index contributed by atoms with van der Waals surface area (Å²) in [7, 11) is 1.83. The summed E-state index contributed by atoms with van der Waals surface area (Å²) in [6.45, 7) is 1.09. The number of nitrogen functional groups attached to an aromatic ring is 1. The number of nitrogens with one attached hydrogen (secondary N) is 1. The highest BCUT2D eigenvalue weighted by Gasteiger charge is 2.05. The quantitative estimate of drug-likeness (QED) is 0.505. The first-order valence-corrected chi connectivity index (χ1v) is 4.96. The lowest BCUT2D eigenvalue weighted by Crippen LogP contribution is -2.22.